The third-order valence-electron chi connectivity index (χ3n) is 4.54. The van der Waals surface area contributed by atoms with Crippen LogP contribution in [0.3, 0.4) is 0 Å². The van der Waals surface area contributed by atoms with Gasteiger partial charge in [-0.25, -0.2) is 4.39 Å². The van der Waals surface area contributed by atoms with Crippen molar-refractivity contribution in [2.45, 2.75) is 25.6 Å². The Morgan fingerprint density at radius 3 is 2.96 bits per heavy atom. The van der Waals surface area contributed by atoms with Crippen LogP contribution in [-0.2, 0) is 9.47 Å². The van der Waals surface area contributed by atoms with Crippen LogP contribution in [0.2, 0.25) is 0 Å². The molecule has 1 N–H and O–H groups in total. The van der Waals surface area contributed by atoms with Gasteiger partial charge in [0.2, 0.25) is 0 Å². The summed E-state index contributed by atoms with van der Waals surface area (Å²) in [7, 11) is 1.57. The summed E-state index contributed by atoms with van der Waals surface area (Å²) in [5.41, 5.74) is 0.0534. The molecular weight excluding hydrogens is 339 g/mol. The number of hydrogen-bond acceptors (Lipinski definition) is 5. The summed E-state index contributed by atoms with van der Waals surface area (Å²) in [4.78, 5) is 16.5. The molecule has 26 heavy (non-hydrogen) atoms. The average Bonchev–Trinajstić information content (AvgIpc) is 2.65. The highest BCUT2D eigenvalue weighted by Gasteiger charge is 2.27. The molecule has 1 fully saturated rings. The van der Waals surface area contributed by atoms with Gasteiger partial charge in [-0.05, 0) is 18.6 Å². The zero-order valence-corrected chi connectivity index (χ0v) is 15.6. The fourth-order valence-corrected chi connectivity index (χ4v) is 3.01. The van der Waals surface area contributed by atoms with E-state index in [1.54, 1.807) is 24.1 Å². The van der Waals surface area contributed by atoms with E-state index in [1.165, 1.54) is 12.1 Å². The van der Waals surface area contributed by atoms with Gasteiger partial charge in [-0.15, -0.1) is 0 Å². The van der Waals surface area contributed by atoms with E-state index in [4.69, 9.17) is 9.47 Å². The Morgan fingerprint density at radius 2 is 2.27 bits per heavy atom. The first-order valence-corrected chi connectivity index (χ1v) is 9.09. The Morgan fingerprint density at radius 1 is 1.50 bits per heavy atom. The first-order chi connectivity index (χ1) is 12.5. The van der Waals surface area contributed by atoms with E-state index in [-0.39, 0.29) is 23.7 Å². The molecule has 1 heterocycles. The molecule has 6 nitrogen and oxygen atoms in total. The lowest BCUT2D eigenvalue weighted by Crippen LogP contribution is -2.50. The lowest BCUT2D eigenvalue weighted by atomic mass is 10.1. The second-order valence-corrected chi connectivity index (χ2v) is 6.54. The normalized spacial score (nSPS) is 19.3. The number of ether oxygens (including phenoxy) is 2. The molecule has 2 atom stereocenters. The van der Waals surface area contributed by atoms with E-state index in [2.05, 4.69) is 4.90 Å². The van der Waals surface area contributed by atoms with Crippen molar-refractivity contribution in [1.29, 1.82) is 0 Å². The molecule has 1 aliphatic rings. The summed E-state index contributed by atoms with van der Waals surface area (Å²) < 4.78 is 24.9. The van der Waals surface area contributed by atoms with Crippen LogP contribution >= 0.6 is 0 Å². The van der Waals surface area contributed by atoms with Gasteiger partial charge in [0, 0.05) is 39.8 Å². The minimum Gasteiger partial charge on any atom is -0.392 e. The molecule has 2 rings (SSSR count). The third-order valence-corrected chi connectivity index (χ3v) is 4.54. The number of aliphatic hydroxyl groups excluding tert-OH is 1. The van der Waals surface area contributed by atoms with E-state index in [9.17, 15) is 14.3 Å². The van der Waals surface area contributed by atoms with E-state index < -0.39 is 5.82 Å². The number of methoxy groups -OCH3 is 1. The van der Waals surface area contributed by atoms with Crippen molar-refractivity contribution in [1.82, 2.24) is 9.80 Å². The third kappa shape index (κ3) is 6.02. The Bertz CT molecular complexity index is 572. The van der Waals surface area contributed by atoms with Crippen molar-refractivity contribution < 1.29 is 23.8 Å². The number of carbonyl (C=O) groups is 1. The molecule has 1 aromatic carbocycles. The smallest absolute Gasteiger partial charge is 0.256 e. The summed E-state index contributed by atoms with van der Waals surface area (Å²) in [6, 6.07) is 5.98. The van der Waals surface area contributed by atoms with Crippen LogP contribution in [0, 0.1) is 5.82 Å². The van der Waals surface area contributed by atoms with E-state index >= 15 is 0 Å². The van der Waals surface area contributed by atoms with Crippen molar-refractivity contribution in [3.63, 3.8) is 0 Å². The first-order valence-electron chi connectivity index (χ1n) is 9.09. The van der Waals surface area contributed by atoms with Crippen LogP contribution in [0.4, 0.5) is 4.39 Å². The molecule has 1 saturated heterocycles. The second kappa shape index (κ2) is 10.6. The first kappa shape index (κ1) is 20.8. The number of nitrogens with zero attached hydrogens (tertiary/aromatic N) is 2. The van der Waals surface area contributed by atoms with Gasteiger partial charge in [0.15, 0.2) is 0 Å². The summed E-state index contributed by atoms with van der Waals surface area (Å²) in [6.07, 6.45) is 0.159. The molecule has 7 heteroatoms. The van der Waals surface area contributed by atoms with Crippen molar-refractivity contribution in [2.75, 3.05) is 53.0 Å². The summed E-state index contributed by atoms with van der Waals surface area (Å²) in [5, 5.41) is 9.86. The highest BCUT2D eigenvalue weighted by atomic mass is 19.1. The molecule has 146 valence electrons. The van der Waals surface area contributed by atoms with Gasteiger partial charge in [0.05, 0.1) is 31.0 Å². The molecule has 0 bridgehead atoms. The molecule has 1 aromatic rings. The van der Waals surface area contributed by atoms with Crippen LogP contribution < -0.4 is 0 Å². The van der Waals surface area contributed by atoms with Gasteiger partial charge in [-0.2, -0.15) is 0 Å². The molecule has 0 unspecified atom stereocenters. The number of benzene rings is 1. The maximum atomic E-state index is 14.0. The maximum absolute atomic E-state index is 14.0. The van der Waals surface area contributed by atoms with Gasteiger partial charge in [-0.1, -0.05) is 19.1 Å². The van der Waals surface area contributed by atoms with E-state index in [0.717, 1.165) is 6.54 Å². The molecule has 1 aliphatic heterocycles. The average molecular weight is 368 g/mol. The SMILES string of the molecule is CC[C@H](O)CN1CCO[C@H](CN(CCOC)C(=O)c2ccccc2F)C1. The van der Waals surface area contributed by atoms with Gasteiger partial charge < -0.3 is 19.5 Å². The van der Waals surface area contributed by atoms with Crippen LogP contribution in [0.15, 0.2) is 24.3 Å². The Labute approximate surface area is 154 Å². The molecule has 0 saturated carbocycles. The molecule has 0 spiro atoms. The molecule has 0 aromatic heterocycles. The lowest BCUT2D eigenvalue weighted by molar-refractivity contribution is -0.0518. The predicted molar refractivity (Wildman–Crippen MR) is 96.7 cm³/mol. The van der Waals surface area contributed by atoms with Gasteiger partial charge in [0.25, 0.3) is 5.91 Å². The number of β-amino-alcohol motifs (C(OH)–C–C–N with tert-alkyl or cyclic N) is 1. The Hall–Kier alpha value is -1.54. The molecule has 0 radical (unpaired) electrons. The summed E-state index contributed by atoms with van der Waals surface area (Å²) >= 11 is 0. The minimum atomic E-state index is -0.530. The largest absolute Gasteiger partial charge is 0.392 e. The molecule has 1 amide bonds. The predicted octanol–water partition coefficient (Wildman–Crippen LogP) is 1.39. The number of hydrogen-bond donors (Lipinski definition) is 1. The standard InChI is InChI=1S/C19H29FN2O4/c1-3-15(23)12-21-8-11-26-16(13-21)14-22(9-10-25-2)19(24)17-6-4-5-7-18(17)20/h4-7,15-16,23H,3,8-14H2,1-2H3/t15-,16-/m0/s1. The van der Waals surface area contributed by atoms with Crippen molar-refractivity contribution in [3.05, 3.63) is 35.6 Å². The number of amides is 1. The van der Waals surface area contributed by atoms with E-state index in [0.29, 0.717) is 45.8 Å². The fourth-order valence-electron chi connectivity index (χ4n) is 3.01. The Balaban J connectivity index is 2.02. The molecular formula is C19H29FN2O4. The van der Waals surface area contributed by atoms with Crippen molar-refractivity contribution >= 4 is 5.91 Å². The Kier molecular flexibility index (Phi) is 8.44. The number of morpholine rings is 1. The highest BCUT2D eigenvalue weighted by Crippen LogP contribution is 2.13. The number of carbonyl (C=O) groups excluding carboxylic acids is 1. The van der Waals surface area contributed by atoms with Gasteiger partial charge >= 0.3 is 0 Å². The highest BCUT2D eigenvalue weighted by molar-refractivity contribution is 5.94. The number of rotatable bonds is 9. The van der Waals surface area contributed by atoms with Crippen LogP contribution in [-0.4, -0.2) is 86.1 Å². The summed E-state index contributed by atoms with van der Waals surface area (Å²) in [5.74, 6) is -0.897. The van der Waals surface area contributed by atoms with Crippen molar-refractivity contribution in [3.8, 4) is 0 Å². The van der Waals surface area contributed by atoms with Crippen LogP contribution in [0.5, 0.6) is 0 Å². The van der Waals surface area contributed by atoms with Gasteiger partial charge in [-0.3, -0.25) is 9.69 Å². The second-order valence-electron chi connectivity index (χ2n) is 6.54. The zero-order valence-electron chi connectivity index (χ0n) is 15.6. The van der Waals surface area contributed by atoms with Crippen LogP contribution in [0.25, 0.3) is 0 Å². The van der Waals surface area contributed by atoms with Gasteiger partial charge in [0.1, 0.15) is 5.82 Å². The minimum absolute atomic E-state index is 0.0534. The zero-order chi connectivity index (χ0) is 18.9. The van der Waals surface area contributed by atoms with E-state index in [1.807, 2.05) is 6.92 Å². The van der Waals surface area contributed by atoms with Crippen LogP contribution in [0.1, 0.15) is 23.7 Å². The number of halogens is 1. The summed E-state index contributed by atoms with van der Waals surface area (Å²) in [6.45, 7) is 5.56. The topological polar surface area (TPSA) is 62.2 Å². The monoisotopic (exact) mass is 368 g/mol. The molecule has 0 aliphatic carbocycles. The quantitative estimate of drug-likeness (QED) is 0.714. The fraction of sp³-hybridized carbons (Fsp3) is 0.632. The maximum Gasteiger partial charge on any atom is 0.256 e. The number of aliphatic hydroxyl groups is 1. The lowest BCUT2D eigenvalue weighted by Gasteiger charge is -2.36. The van der Waals surface area contributed by atoms with Crippen molar-refractivity contribution in [2.24, 2.45) is 0 Å².